The van der Waals surface area contributed by atoms with Gasteiger partial charge in [0.15, 0.2) is 0 Å². The van der Waals surface area contributed by atoms with Gasteiger partial charge >= 0.3 is 0 Å². The van der Waals surface area contributed by atoms with Gasteiger partial charge in [-0.25, -0.2) is 0 Å². The predicted molar refractivity (Wildman–Crippen MR) is 65.1 cm³/mol. The summed E-state index contributed by atoms with van der Waals surface area (Å²) in [5, 5.41) is 8.86. The Hall–Kier alpha value is -0.820. The van der Waals surface area contributed by atoms with Gasteiger partial charge in [-0.1, -0.05) is 50.5 Å². The molecule has 1 heteroatoms. The largest absolute Gasteiger partial charge is 0.396 e. The van der Waals surface area contributed by atoms with E-state index in [1.165, 1.54) is 43.2 Å². The third-order valence-electron chi connectivity index (χ3n) is 2.71. The van der Waals surface area contributed by atoms with Gasteiger partial charge < -0.3 is 5.11 Å². The van der Waals surface area contributed by atoms with Crippen LogP contribution in [0.2, 0.25) is 0 Å². The van der Waals surface area contributed by atoms with Gasteiger partial charge in [0.1, 0.15) is 0 Å². The van der Waals surface area contributed by atoms with Gasteiger partial charge in [-0.3, -0.25) is 0 Å². The third-order valence-corrected chi connectivity index (χ3v) is 2.71. The monoisotopic (exact) mass is 206 g/mol. The Balaban J connectivity index is 2.36. The smallest absolute Gasteiger partial charge is 0.0471 e. The second-order valence-electron chi connectivity index (χ2n) is 4.10. The summed E-state index contributed by atoms with van der Waals surface area (Å²) in [7, 11) is 0. The first-order valence-corrected chi connectivity index (χ1v) is 6.05. The first kappa shape index (κ1) is 12.3. The fraction of sp³-hybridized carbons (Fsp3) is 0.571. The summed E-state index contributed by atoms with van der Waals surface area (Å²) in [4.78, 5) is 0. The predicted octanol–water partition coefficient (Wildman–Crippen LogP) is 3.34. The molecular weight excluding hydrogens is 184 g/mol. The van der Waals surface area contributed by atoms with E-state index < -0.39 is 0 Å². The minimum atomic E-state index is 0.249. The summed E-state index contributed by atoms with van der Waals surface area (Å²) >= 11 is 0. The van der Waals surface area contributed by atoms with E-state index in [1.54, 1.807) is 0 Å². The highest BCUT2D eigenvalue weighted by Crippen LogP contribution is 2.10. The van der Waals surface area contributed by atoms with Gasteiger partial charge in [-0.2, -0.15) is 0 Å². The van der Waals surface area contributed by atoms with Crippen molar-refractivity contribution in [2.24, 2.45) is 0 Å². The summed E-state index contributed by atoms with van der Waals surface area (Å²) in [5.74, 6) is 0. The Kier molecular flexibility index (Phi) is 6.10. The molecule has 0 unspecified atom stereocenters. The minimum Gasteiger partial charge on any atom is -0.396 e. The van der Waals surface area contributed by atoms with Crippen molar-refractivity contribution in [3.63, 3.8) is 0 Å². The minimum absolute atomic E-state index is 0.249. The highest BCUT2D eigenvalue weighted by atomic mass is 16.2. The zero-order chi connectivity index (χ0) is 10.9. The molecule has 0 amide bonds. The normalized spacial score (nSPS) is 10.5. The van der Waals surface area contributed by atoms with E-state index >= 15 is 0 Å². The van der Waals surface area contributed by atoms with E-state index in [1.807, 2.05) is 0 Å². The molecular formula is C14H22O. The van der Waals surface area contributed by atoms with Crippen molar-refractivity contribution >= 4 is 0 Å². The third kappa shape index (κ3) is 4.98. The summed E-state index contributed by atoms with van der Waals surface area (Å²) < 4.78 is 0. The van der Waals surface area contributed by atoms with Crippen molar-refractivity contribution in [3.8, 4) is 0 Å². The van der Waals surface area contributed by atoms with E-state index in [-0.39, 0.29) is 6.61 Å². The Labute approximate surface area is 93.1 Å². The molecule has 0 aliphatic rings. The van der Waals surface area contributed by atoms with Crippen molar-refractivity contribution in [3.05, 3.63) is 35.4 Å². The molecule has 0 radical (unpaired) electrons. The molecule has 0 saturated carbocycles. The van der Waals surface area contributed by atoms with Crippen LogP contribution in [0.5, 0.6) is 0 Å². The highest BCUT2D eigenvalue weighted by molar-refractivity contribution is 5.23. The van der Waals surface area contributed by atoms with Crippen molar-refractivity contribution in [1.29, 1.82) is 0 Å². The second kappa shape index (κ2) is 7.47. The van der Waals surface area contributed by atoms with Crippen LogP contribution in [0.3, 0.4) is 0 Å². The molecule has 0 aromatic heterocycles. The van der Waals surface area contributed by atoms with E-state index in [4.69, 9.17) is 5.11 Å². The molecule has 0 bridgehead atoms. The number of benzene rings is 1. The van der Waals surface area contributed by atoms with Gasteiger partial charge in [-0.05, 0) is 30.4 Å². The van der Waals surface area contributed by atoms with Crippen LogP contribution < -0.4 is 0 Å². The van der Waals surface area contributed by atoms with Crippen LogP contribution in [-0.2, 0) is 12.8 Å². The Morgan fingerprint density at radius 1 is 1.00 bits per heavy atom. The maximum atomic E-state index is 8.86. The lowest BCUT2D eigenvalue weighted by Gasteiger charge is -2.04. The molecule has 0 saturated heterocycles. The van der Waals surface area contributed by atoms with E-state index in [0.717, 1.165) is 6.42 Å². The van der Waals surface area contributed by atoms with Gasteiger partial charge in [0, 0.05) is 6.61 Å². The molecule has 0 fully saturated rings. The Bertz CT molecular complexity index is 268. The SMILES string of the molecule is CCCCCCc1cccc(CCO)c1. The van der Waals surface area contributed by atoms with Crippen molar-refractivity contribution in [2.75, 3.05) is 6.61 Å². The Morgan fingerprint density at radius 3 is 2.40 bits per heavy atom. The highest BCUT2D eigenvalue weighted by Gasteiger charge is 1.96. The lowest BCUT2D eigenvalue weighted by atomic mass is 10.0. The summed E-state index contributed by atoms with van der Waals surface area (Å²) in [5.41, 5.74) is 2.67. The van der Waals surface area contributed by atoms with E-state index in [2.05, 4.69) is 31.2 Å². The maximum absolute atomic E-state index is 8.86. The molecule has 84 valence electrons. The standard InChI is InChI=1S/C14H22O/c1-2-3-4-5-7-13-8-6-9-14(12-13)10-11-15/h6,8-9,12,15H,2-5,7,10-11H2,1H3. The topological polar surface area (TPSA) is 20.2 Å². The number of hydrogen-bond acceptors (Lipinski definition) is 1. The first-order chi connectivity index (χ1) is 7.36. The molecule has 1 rings (SSSR count). The van der Waals surface area contributed by atoms with Gasteiger partial charge in [-0.15, -0.1) is 0 Å². The molecule has 1 nitrogen and oxygen atoms in total. The molecule has 0 heterocycles. The Morgan fingerprint density at radius 2 is 1.73 bits per heavy atom. The fourth-order valence-electron chi connectivity index (χ4n) is 1.83. The average molecular weight is 206 g/mol. The maximum Gasteiger partial charge on any atom is 0.0471 e. The number of hydrogen-bond donors (Lipinski definition) is 1. The van der Waals surface area contributed by atoms with Crippen LogP contribution in [-0.4, -0.2) is 11.7 Å². The van der Waals surface area contributed by atoms with E-state index in [0.29, 0.717) is 0 Å². The number of rotatable bonds is 7. The van der Waals surface area contributed by atoms with Gasteiger partial charge in [0.05, 0.1) is 0 Å². The van der Waals surface area contributed by atoms with Crippen molar-refractivity contribution in [1.82, 2.24) is 0 Å². The second-order valence-corrected chi connectivity index (χ2v) is 4.10. The summed E-state index contributed by atoms with van der Waals surface area (Å²) in [6.07, 6.45) is 7.22. The summed E-state index contributed by atoms with van der Waals surface area (Å²) in [6, 6.07) is 8.60. The number of aryl methyl sites for hydroxylation is 1. The molecule has 1 aromatic carbocycles. The van der Waals surface area contributed by atoms with Crippen LogP contribution >= 0.6 is 0 Å². The molecule has 0 aliphatic carbocycles. The van der Waals surface area contributed by atoms with Crippen LogP contribution in [0.25, 0.3) is 0 Å². The quantitative estimate of drug-likeness (QED) is 0.678. The first-order valence-electron chi connectivity index (χ1n) is 6.05. The number of aliphatic hydroxyl groups excluding tert-OH is 1. The van der Waals surface area contributed by atoms with Crippen LogP contribution in [0.15, 0.2) is 24.3 Å². The lowest BCUT2D eigenvalue weighted by molar-refractivity contribution is 0.299. The lowest BCUT2D eigenvalue weighted by Crippen LogP contribution is -1.93. The molecule has 15 heavy (non-hydrogen) atoms. The zero-order valence-corrected chi connectivity index (χ0v) is 9.71. The molecule has 0 aliphatic heterocycles. The molecule has 0 spiro atoms. The number of aliphatic hydroxyl groups is 1. The van der Waals surface area contributed by atoms with Gasteiger partial charge in [0.25, 0.3) is 0 Å². The molecule has 1 N–H and O–H groups in total. The van der Waals surface area contributed by atoms with E-state index in [9.17, 15) is 0 Å². The number of unbranched alkanes of at least 4 members (excludes halogenated alkanes) is 3. The van der Waals surface area contributed by atoms with Crippen LogP contribution in [0, 0.1) is 0 Å². The van der Waals surface area contributed by atoms with Crippen molar-refractivity contribution < 1.29 is 5.11 Å². The average Bonchev–Trinajstić information content (AvgIpc) is 2.26. The van der Waals surface area contributed by atoms with Crippen LogP contribution in [0.1, 0.15) is 43.7 Å². The fourth-order valence-corrected chi connectivity index (χ4v) is 1.83. The van der Waals surface area contributed by atoms with Gasteiger partial charge in [0.2, 0.25) is 0 Å². The zero-order valence-electron chi connectivity index (χ0n) is 9.71. The summed E-state index contributed by atoms with van der Waals surface area (Å²) in [6.45, 7) is 2.49. The molecule has 0 atom stereocenters. The molecule has 1 aromatic rings. The van der Waals surface area contributed by atoms with Crippen LogP contribution in [0.4, 0.5) is 0 Å². The van der Waals surface area contributed by atoms with Crippen molar-refractivity contribution in [2.45, 2.75) is 45.4 Å².